The highest BCUT2D eigenvalue weighted by Crippen LogP contribution is 2.21. The van der Waals surface area contributed by atoms with E-state index >= 15 is 0 Å². The van der Waals surface area contributed by atoms with Crippen LogP contribution >= 0.6 is 0 Å². The van der Waals surface area contributed by atoms with Crippen molar-refractivity contribution in [3.05, 3.63) is 29.6 Å². The van der Waals surface area contributed by atoms with E-state index in [0.29, 0.717) is 12.0 Å². The van der Waals surface area contributed by atoms with Crippen molar-refractivity contribution in [3.8, 4) is 5.75 Å². The van der Waals surface area contributed by atoms with Gasteiger partial charge in [0.2, 0.25) is 0 Å². The second-order valence-electron chi connectivity index (χ2n) is 4.37. The molecule has 1 rings (SSSR count). The molecule has 0 aliphatic rings. The Bertz CT molecular complexity index is 402. The highest BCUT2D eigenvalue weighted by molar-refractivity contribution is 5.69. The molecule has 17 heavy (non-hydrogen) atoms. The van der Waals surface area contributed by atoms with E-state index in [1.54, 1.807) is 19.1 Å². The third-order valence-corrected chi connectivity index (χ3v) is 2.32. The summed E-state index contributed by atoms with van der Waals surface area (Å²) in [5.74, 6) is -1.65. The Morgan fingerprint density at radius 2 is 2.06 bits per heavy atom. The Morgan fingerprint density at radius 3 is 2.53 bits per heavy atom. The molecule has 1 unspecified atom stereocenters. The predicted molar refractivity (Wildman–Crippen MR) is 62.7 cm³/mol. The van der Waals surface area contributed by atoms with Gasteiger partial charge in [0.15, 0.2) is 11.6 Å². The normalized spacial score (nSPS) is 12.5. The van der Waals surface area contributed by atoms with Crippen molar-refractivity contribution in [3.63, 3.8) is 0 Å². The first-order valence-electron chi connectivity index (χ1n) is 5.58. The smallest absolute Gasteiger partial charge is 0.306 e. The van der Waals surface area contributed by atoms with Gasteiger partial charge in [-0.3, -0.25) is 4.79 Å². The van der Waals surface area contributed by atoms with E-state index < -0.39 is 17.7 Å². The number of carboxylic acid groups (broad SMARTS) is 1. The van der Waals surface area contributed by atoms with Gasteiger partial charge in [-0.2, -0.15) is 0 Å². The molecule has 0 radical (unpaired) electrons. The highest BCUT2D eigenvalue weighted by Gasteiger charge is 2.13. The number of halogens is 1. The summed E-state index contributed by atoms with van der Waals surface area (Å²) in [7, 11) is 0. The van der Waals surface area contributed by atoms with Crippen molar-refractivity contribution in [1.29, 1.82) is 0 Å². The molecular weight excluding hydrogens is 223 g/mol. The van der Waals surface area contributed by atoms with Crippen LogP contribution in [0.4, 0.5) is 4.39 Å². The molecule has 0 aliphatic heterocycles. The van der Waals surface area contributed by atoms with Crippen LogP contribution in [-0.4, -0.2) is 17.2 Å². The molecule has 0 amide bonds. The van der Waals surface area contributed by atoms with Crippen LogP contribution in [-0.2, 0) is 11.2 Å². The molecule has 4 heteroatoms. The maximum Gasteiger partial charge on any atom is 0.306 e. The third kappa shape index (κ3) is 4.06. The first-order valence-corrected chi connectivity index (χ1v) is 5.58. The summed E-state index contributed by atoms with van der Waals surface area (Å²) in [6.45, 7) is 5.23. The number of benzene rings is 1. The zero-order valence-corrected chi connectivity index (χ0v) is 10.2. The van der Waals surface area contributed by atoms with Crippen LogP contribution < -0.4 is 4.74 Å². The first-order chi connectivity index (χ1) is 7.90. The van der Waals surface area contributed by atoms with Crippen LogP contribution in [0.3, 0.4) is 0 Å². The van der Waals surface area contributed by atoms with Gasteiger partial charge in [0, 0.05) is 0 Å². The second-order valence-corrected chi connectivity index (χ2v) is 4.37. The monoisotopic (exact) mass is 240 g/mol. The number of hydrogen-bond acceptors (Lipinski definition) is 2. The quantitative estimate of drug-likeness (QED) is 0.860. The van der Waals surface area contributed by atoms with Crippen LogP contribution in [0, 0.1) is 11.7 Å². The number of rotatable bonds is 5. The van der Waals surface area contributed by atoms with E-state index in [2.05, 4.69) is 0 Å². The Balaban J connectivity index is 2.78. The van der Waals surface area contributed by atoms with Crippen molar-refractivity contribution in [2.24, 2.45) is 5.92 Å². The molecule has 0 aromatic heterocycles. The van der Waals surface area contributed by atoms with Gasteiger partial charge in [0.05, 0.1) is 12.0 Å². The molecule has 94 valence electrons. The van der Waals surface area contributed by atoms with E-state index in [9.17, 15) is 9.18 Å². The fraction of sp³-hybridized carbons (Fsp3) is 0.462. The molecule has 0 fully saturated rings. The summed E-state index contributed by atoms with van der Waals surface area (Å²) >= 11 is 0. The molecule has 0 spiro atoms. The lowest BCUT2D eigenvalue weighted by atomic mass is 10.0. The van der Waals surface area contributed by atoms with Crippen LogP contribution in [0.25, 0.3) is 0 Å². The van der Waals surface area contributed by atoms with Crippen molar-refractivity contribution < 1.29 is 19.0 Å². The van der Waals surface area contributed by atoms with Gasteiger partial charge in [0.25, 0.3) is 0 Å². The highest BCUT2D eigenvalue weighted by atomic mass is 19.1. The SMILES string of the molecule is CC(C)Oc1ccc(CC(C)C(=O)O)cc1F. The lowest BCUT2D eigenvalue weighted by Crippen LogP contribution is -2.12. The minimum absolute atomic E-state index is 0.0895. The molecule has 0 saturated heterocycles. The molecule has 1 N–H and O–H groups in total. The lowest BCUT2D eigenvalue weighted by molar-refractivity contribution is -0.141. The van der Waals surface area contributed by atoms with Crippen LogP contribution in [0.5, 0.6) is 5.75 Å². The molecule has 1 aromatic carbocycles. The minimum Gasteiger partial charge on any atom is -0.488 e. The van der Waals surface area contributed by atoms with Gasteiger partial charge >= 0.3 is 5.97 Å². The molecule has 0 aliphatic carbocycles. The van der Waals surface area contributed by atoms with Crippen LogP contribution in [0.15, 0.2) is 18.2 Å². The van der Waals surface area contributed by atoms with E-state index in [4.69, 9.17) is 9.84 Å². The van der Waals surface area contributed by atoms with Gasteiger partial charge in [-0.05, 0) is 38.0 Å². The summed E-state index contributed by atoms with van der Waals surface area (Å²) in [5.41, 5.74) is 0.661. The largest absolute Gasteiger partial charge is 0.488 e. The Morgan fingerprint density at radius 1 is 1.41 bits per heavy atom. The van der Waals surface area contributed by atoms with Gasteiger partial charge in [0.1, 0.15) is 0 Å². The van der Waals surface area contributed by atoms with Crippen LogP contribution in [0.1, 0.15) is 26.3 Å². The van der Waals surface area contributed by atoms with E-state index in [-0.39, 0.29) is 11.9 Å². The average Bonchev–Trinajstić information content (AvgIpc) is 2.21. The fourth-order valence-electron chi connectivity index (χ4n) is 1.46. The summed E-state index contributed by atoms with van der Waals surface area (Å²) in [4.78, 5) is 10.7. The third-order valence-electron chi connectivity index (χ3n) is 2.32. The van der Waals surface area contributed by atoms with Gasteiger partial charge in [-0.25, -0.2) is 4.39 Å². The van der Waals surface area contributed by atoms with Gasteiger partial charge < -0.3 is 9.84 Å². The topological polar surface area (TPSA) is 46.5 Å². The Labute approximate surface area is 100 Å². The zero-order chi connectivity index (χ0) is 13.0. The van der Waals surface area contributed by atoms with Crippen molar-refractivity contribution >= 4 is 5.97 Å². The maximum atomic E-state index is 13.6. The molecular formula is C13H17FO3. The molecule has 0 saturated carbocycles. The first kappa shape index (κ1) is 13.5. The molecule has 1 atom stereocenters. The van der Waals surface area contributed by atoms with Crippen molar-refractivity contribution in [1.82, 2.24) is 0 Å². The van der Waals surface area contributed by atoms with E-state index in [1.807, 2.05) is 13.8 Å². The zero-order valence-electron chi connectivity index (χ0n) is 10.2. The van der Waals surface area contributed by atoms with E-state index in [1.165, 1.54) is 6.07 Å². The lowest BCUT2D eigenvalue weighted by Gasteiger charge is -2.12. The molecule has 0 bridgehead atoms. The number of aliphatic carboxylic acids is 1. The van der Waals surface area contributed by atoms with Crippen LogP contribution in [0.2, 0.25) is 0 Å². The minimum atomic E-state index is -0.882. The Hall–Kier alpha value is -1.58. The maximum absolute atomic E-state index is 13.6. The molecule has 3 nitrogen and oxygen atoms in total. The standard InChI is InChI=1S/C13H17FO3/c1-8(2)17-12-5-4-10(7-11(12)14)6-9(3)13(15)16/h4-5,7-9H,6H2,1-3H3,(H,15,16). The number of hydrogen-bond donors (Lipinski definition) is 1. The van der Waals surface area contributed by atoms with Gasteiger partial charge in [-0.15, -0.1) is 0 Å². The second kappa shape index (κ2) is 5.66. The summed E-state index contributed by atoms with van der Waals surface area (Å²) in [6, 6.07) is 4.57. The summed E-state index contributed by atoms with van der Waals surface area (Å²) in [5, 5.41) is 8.77. The average molecular weight is 240 g/mol. The Kier molecular flexibility index (Phi) is 4.49. The number of carbonyl (C=O) groups is 1. The molecule has 1 aromatic rings. The predicted octanol–water partition coefficient (Wildman–Crippen LogP) is 2.88. The number of ether oxygens (including phenoxy) is 1. The van der Waals surface area contributed by atoms with Gasteiger partial charge in [-0.1, -0.05) is 13.0 Å². The molecule has 0 heterocycles. The van der Waals surface area contributed by atoms with Crippen molar-refractivity contribution in [2.75, 3.05) is 0 Å². The fourth-order valence-corrected chi connectivity index (χ4v) is 1.46. The summed E-state index contributed by atoms with van der Waals surface area (Å²) < 4.78 is 18.9. The number of carboxylic acids is 1. The van der Waals surface area contributed by atoms with E-state index in [0.717, 1.165) is 0 Å². The summed E-state index contributed by atoms with van der Waals surface area (Å²) in [6.07, 6.45) is 0.224. The van der Waals surface area contributed by atoms with Crippen molar-refractivity contribution in [2.45, 2.75) is 33.3 Å².